The predicted molar refractivity (Wildman–Crippen MR) is 123 cm³/mol. The van der Waals surface area contributed by atoms with Gasteiger partial charge in [0.15, 0.2) is 5.16 Å². The summed E-state index contributed by atoms with van der Waals surface area (Å²) in [6, 6.07) is 18.4. The third-order valence-corrected chi connectivity index (χ3v) is 6.60. The number of aromatic nitrogens is 3. The maximum atomic E-state index is 12.8. The van der Waals surface area contributed by atoms with Gasteiger partial charge >= 0.3 is 0 Å². The fourth-order valence-electron chi connectivity index (χ4n) is 3.96. The highest BCUT2D eigenvalue weighted by molar-refractivity contribution is 7.99. The van der Waals surface area contributed by atoms with E-state index >= 15 is 0 Å². The average molecular weight is 437 g/mol. The number of likely N-dealkylation sites (tertiary alicyclic amines) is 1. The van der Waals surface area contributed by atoms with E-state index in [1.54, 1.807) is 7.11 Å². The number of rotatable bonds is 7. The summed E-state index contributed by atoms with van der Waals surface area (Å²) in [5, 5.41) is 9.64. The Morgan fingerprint density at radius 1 is 1.10 bits per heavy atom. The zero-order chi connectivity index (χ0) is 21.6. The van der Waals surface area contributed by atoms with Gasteiger partial charge in [0, 0.05) is 24.7 Å². The Hall–Kier alpha value is -2.80. The second-order valence-electron chi connectivity index (χ2n) is 7.82. The van der Waals surface area contributed by atoms with Crippen LogP contribution in [0.2, 0.25) is 0 Å². The van der Waals surface area contributed by atoms with Crippen LogP contribution < -0.4 is 4.74 Å². The first kappa shape index (κ1) is 21.4. The van der Waals surface area contributed by atoms with E-state index in [-0.39, 0.29) is 5.91 Å². The lowest BCUT2D eigenvalue weighted by Crippen LogP contribution is -2.42. The number of amides is 1. The van der Waals surface area contributed by atoms with Crippen molar-refractivity contribution >= 4 is 17.7 Å². The number of nitrogens with zero attached hydrogens (tertiary/aromatic N) is 4. The fraction of sp³-hybridized carbons (Fsp3) is 0.375. The van der Waals surface area contributed by atoms with Crippen molar-refractivity contribution in [1.82, 2.24) is 19.7 Å². The van der Waals surface area contributed by atoms with Gasteiger partial charge in [-0.2, -0.15) is 0 Å². The van der Waals surface area contributed by atoms with Crippen molar-refractivity contribution in [3.8, 4) is 11.4 Å². The molecule has 6 nitrogen and oxygen atoms in total. The Morgan fingerprint density at radius 2 is 1.87 bits per heavy atom. The molecule has 1 fully saturated rings. The second-order valence-corrected chi connectivity index (χ2v) is 8.76. The van der Waals surface area contributed by atoms with Crippen LogP contribution in [-0.2, 0) is 11.2 Å². The second kappa shape index (κ2) is 10.0. The van der Waals surface area contributed by atoms with Crippen LogP contribution in [0.4, 0.5) is 0 Å². The van der Waals surface area contributed by atoms with Crippen molar-refractivity contribution in [2.24, 2.45) is 0 Å². The van der Waals surface area contributed by atoms with E-state index in [2.05, 4.69) is 29.3 Å². The van der Waals surface area contributed by atoms with Crippen molar-refractivity contribution in [1.29, 1.82) is 0 Å². The summed E-state index contributed by atoms with van der Waals surface area (Å²) >= 11 is 1.45. The minimum atomic E-state index is 0.172. The van der Waals surface area contributed by atoms with E-state index in [1.807, 2.05) is 51.9 Å². The Morgan fingerprint density at radius 3 is 2.58 bits per heavy atom. The van der Waals surface area contributed by atoms with Crippen molar-refractivity contribution in [2.45, 2.75) is 43.8 Å². The summed E-state index contributed by atoms with van der Waals surface area (Å²) in [6.07, 6.45) is 4.04. The van der Waals surface area contributed by atoms with Crippen molar-refractivity contribution in [3.05, 3.63) is 66.0 Å². The molecule has 0 saturated carbocycles. The SMILES string of the molecule is COc1ccc(-n2c(Cc3ccccc3)nnc2SCC(=O)N2CCCCC2C)cc1. The number of piperidine rings is 1. The third-order valence-electron chi connectivity index (χ3n) is 5.68. The maximum absolute atomic E-state index is 12.8. The molecule has 0 radical (unpaired) electrons. The van der Waals surface area contributed by atoms with Gasteiger partial charge in [0.05, 0.1) is 12.9 Å². The van der Waals surface area contributed by atoms with Gasteiger partial charge in [-0.05, 0) is 56.0 Å². The highest BCUT2D eigenvalue weighted by Crippen LogP contribution is 2.26. The molecule has 3 aromatic rings. The van der Waals surface area contributed by atoms with Gasteiger partial charge in [0.1, 0.15) is 11.6 Å². The molecule has 1 unspecified atom stereocenters. The van der Waals surface area contributed by atoms with Crippen LogP contribution in [0, 0.1) is 0 Å². The molecule has 1 amide bonds. The summed E-state index contributed by atoms with van der Waals surface area (Å²) in [4.78, 5) is 14.9. The van der Waals surface area contributed by atoms with Crippen LogP contribution in [0.5, 0.6) is 5.75 Å². The Balaban J connectivity index is 1.58. The largest absolute Gasteiger partial charge is 0.497 e. The lowest BCUT2D eigenvalue weighted by molar-refractivity contribution is -0.131. The number of hydrogen-bond acceptors (Lipinski definition) is 5. The van der Waals surface area contributed by atoms with E-state index in [9.17, 15) is 4.79 Å². The molecule has 1 aliphatic heterocycles. The van der Waals surface area contributed by atoms with Crippen LogP contribution in [0.1, 0.15) is 37.6 Å². The average Bonchev–Trinajstić information content (AvgIpc) is 3.20. The topological polar surface area (TPSA) is 60.2 Å². The van der Waals surface area contributed by atoms with Gasteiger partial charge in [-0.15, -0.1) is 10.2 Å². The molecule has 2 heterocycles. The number of carbonyl (C=O) groups is 1. The number of methoxy groups -OCH3 is 1. The molecular formula is C24H28N4O2S. The number of hydrogen-bond donors (Lipinski definition) is 0. The normalized spacial score (nSPS) is 16.3. The van der Waals surface area contributed by atoms with E-state index in [4.69, 9.17) is 4.74 Å². The summed E-state index contributed by atoms with van der Waals surface area (Å²) in [5.41, 5.74) is 2.12. The lowest BCUT2D eigenvalue weighted by Gasteiger charge is -2.33. The molecule has 0 bridgehead atoms. The van der Waals surface area contributed by atoms with E-state index < -0.39 is 0 Å². The molecular weight excluding hydrogens is 408 g/mol. The van der Waals surface area contributed by atoms with Gasteiger partial charge in [-0.25, -0.2) is 0 Å². The van der Waals surface area contributed by atoms with Crippen LogP contribution >= 0.6 is 11.8 Å². The van der Waals surface area contributed by atoms with Gasteiger partial charge in [-0.1, -0.05) is 42.1 Å². The molecule has 2 aromatic carbocycles. The summed E-state index contributed by atoms with van der Waals surface area (Å²) in [6.45, 7) is 2.99. The monoisotopic (exact) mass is 436 g/mol. The molecule has 162 valence electrons. The number of benzene rings is 2. The standard InChI is InChI=1S/C24H28N4O2S/c1-18-8-6-7-15-27(18)23(29)17-31-24-26-25-22(16-19-9-4-3-5-10-19)28(24)20-11-13-21(30-2)14-12-20/h3-5,9-14,18H,6-8,15-17H2,1-2H3. The molecule has 4 rings (SSSR count). The predicted octanol–water partition coefficient (Wildman–Crippen LogP) is 4.36. The smallest absolute Gasteiger partial charge is 0.233 e. The minimum Gasteiger partial charge on any atom is -0.497 e. The van der Waals surface area contributed by atoms with E-state index in [1.165, 1.54) is 23.7 Å². The molecule has 1 aliphatic rings. The van der Waals surface area contributed by atoms with Crippen molar-refractivity contribution in [2.75, 3.05) is 19.4 Å². The highest BCUT2D eigenvalue weighted by Gasteiger charge is 2.24. The Labute approximate surface area is 187 Å². The first-order valence-corrected chi connectivity index (χ1v) is 11.7. The van der Waals surface area contributed by atoms with E-state index in [0.29, 0.717) is 18.2 Å². The van der Waals surface area contributed by atoms with Crippen molar-refractivity contribution < 1.29 is 9.53 Å². The molecule has 1 saturated heterocycles. The molecule has 0 N–H and O–H groups in total. The fourth-order valence-corrected chi connectivity index (χ4v) is 4.81. The molecule has 7 heteroatoms. The first-order chi connectivity index (χ1) is 15.2. The lowest BCUT2D eigenvalue weighted by atomic mass is 10.0. The van der Waals surface area contributed by atoms with Crippen LogP contribution in [-0.4, -0.2) is 51.0 Å². The Kier molecular flexibility index (Phi) is 6.92. The molecule has 1 aromatic heterocycles. The number of thioether (sulfide) groups is 1. The maximum Gasteiger partial charge on any atom is 0.233 e. The number of ether oxygens (including phenoxy) is 1. The Bertz CT molecular complexity index is 1000. The first-order valence-electron chi connectivity index (χ1n) is 10.7. The zero-order valence-electron chi connectivity index (χ0n) is 18.0. The number of carbonyl (C=O) groups excluding carboxylic acids is 1. The quantitative estimate of drug-likeness (QED) is 0.515. The zero-order valence-corrected chi connectivity index (χ0v) is 18.8. The summed E-state index contributed by atoms with van der Waals surface area (Å²) in [5.74, 6) is 2.18. The molecule has 31 heavy (non-hydrogen) atoms. The van der Waals surface area contributed by atoms with Gasteiger partial charge in [0.2, 0.25) is 5.91 Å². The minimum absolute atomic E-state index is 0.172. The van der Waals surface area contributed by atoms with Crippen LogP contribution in [0.25, 0.3) is 5.69 Å². The van der Waals surface area contributed by atoms with Gasteiger partial charge in [0.25, 0.3) is 0 Å². The third kappa shape index (κ3) is 5.10. The highest BCUT2D eigenvalue weighted by atomic mass is 32.2. The molecule has 0 spiro atoms. The summed E-state index contributed by atoms with van der Waals surface area (Å²) in [7, 11) is 1.66. The molecule has 0 aliphatic carbocycles. The van der Waals surface area contributed by atoms with Crippen LogP contribution in [0.3, 0.4) is 0 Å². The summed E-state index contributed by atoms with van der Waals surface area (Å²) < 4.78 is 7.35. The van der Waals surface area contributed by atoms with Crippen LogP contribution in [0.15, 0.2) is 59.8 Å². The van der Waals surface area contributed by atoms with Gasteiger partial charge in [-0.3, -0.25) is 9.36 Å². The molecule has 1 atom stereocenters. The van der Waals surface area contributed by atoms with E-state index in [0.717, 1.165) is 41.8 Å². The van der Waals surface area contributed by atoms with Gasteiger partial charge < -0.3 is 9.64 Å². The van der Waals surface area contributed by atoms with Crippen molar-refractivity contribution in [3.63, 3.8) is 0 Å².